The minimum atomic E-state index is -1.39. The molecule has 0 saturated carbocycles. The lowest BCUT2D eigenvalue weighted by Crippen LogP contribution is -2.58. The molecule has 7 heteroatoms. The third kappa shape index (κ3) is 2.36. The van der Waals surface area contributed by atoms with Crippen LogP contribution < -0.4 is 5.32 Å². The summed E-state index contributed by atoms with van der Waals surface area (Å²) in [6.45, 7) is 0.231. The Kier molecular flexibility index (Phi) is 3.50. The van der Waals surface area contributed by atoms with Crippen molar-refractivity contribution in [1.29, 1.82) is 0 Å². The van der Waals surface area contributed by atoms with Gasteiger partial charge in [-0.05, 0) is 28.1 Å². The van der Waals surface area contributed by atoms with Gasteiger partial charge in [-0.3, -0.25) is 9.59 Å². The number of hydrogen-bond donors (Lipinski definition) is 2. The molecule has 5 nitrogen and oxygen atoms in total. The standard InChI is InChI=1S/C10H10BrNO4S/c11-7-2-1-6(17-7)3-12-8(13)10(9(14)15)4-16-5-10/h1-2H,3-5H2,(H,12,13)(H,14,15). The van der Waals surface area contributed by atoms with E-state index in [0.29, 0.717) is 6.54 Å². The van der Waals surface area contributed by atoms with Gasteiger partial charge in [-0.15, -0.1) is 11.3 Å². The van der Waals surface area contributed by atoms with Gasteiger partial charge in [0, 0.05) is 4.88 Å². The van der Waals surface area contributed by atoms with Gasteiger partial charge in [-0.1, -0.05) is 0 Å². The Morgan fingerprint density at radius 2 is 2.24 bits per heavy atom. The molecular formula is C10H10BrNO4S. The van der Waals surface area contributed by atoms with Crippen LogP contribution in [0, 0.1) is 5.41 Å². The highest BCUT2D eigenvalue weighted by molar-refractivity contribution is 9.11. The van der Waals surface area contributed by atoms with Crippen molar-refractivity contribution in [3.05, 3.63) is 20.8 Å². The van der Waals surface area contributed by atoms with Gasteiger partial charge in [0.1, 0.15) is 0 Å². The molecule has 0 aliphatic carbocycles. The lowest BCUT2D eigenvalue weighted by atomic mass is 9.85. The number of nitrogens with one attached hydrogen (secondary N) is 1. The number of aliphatic carboxylic acids is 1. The van der Waals surface area contributed by atoms with Gasteiger partial charge in [0.25, 0.3) is 0 Å². The molecule has 0 unspecified atom stereocenters. The Morgan fingerprint density at radius 3 is 2.65 bits per heavy atom. The molecule has 1 aromatic heterocycles. The predicted octanol–water partition coefficient (Wildman–Crippen LogP) is 1.23. The molecule has 1 aromatic rings. The van der Waals surface area contributed by atoms with Gasteiger partial charge < -0.3 is 15.2 Å². The number of amides is 1. The zero-order valence-electron chi connectivity index (χ0n) is 8.73. The lowest BCUT2D eigenvalue weighted by Gasteiger charge is -2.35. The van der Waals surface area contributed by atoms with E-state index in [9.17, 15) is 9.59 Å². The smallest absolute Gasteiger partial charge is 0.324 e. The summed E-state index contributed by atoms with van der Waals surface area (Å²) in [5.74, 6) is -1.62. The predicted molar refractivity (Wildman–Crippen MR) is 64.8 cm³/mol. The van der Waals surface area contributed by atoms with Gasteiger partial charge >= 0.3 is 5.97 Å². The maximum Gasteiger partial charge on any atom is 0.324 e. The maximum atomic E-state index is 11.8. The highest BCUT2D eigenvalue weighted by Gasteiger charge is 2.53. The fourth-order valence-corrected chi connectivity index (χ4v) is 2.86. The van der Waals surface area contributed by atoms with Crippen LogP contribution in [0.3, 0.4) is 0 Å². The van der Waals surface area contributed by atoms with Crippen molar-refractivity contribution in [2.45, 2.75) is 6.54 Å². The van der Waals surface area contributed by atoms with Crippen LogP contribution in [0.4, 0.5) is 0 Å². The van der Waals surface area contributed by atoms with Crippen LogP contribution in [0.1, 0.15) is 4.88 Å². The molecule has 0 aromatic carbocycles. The van der Waals surface area contributed by atoms with E-state index in [4.69, 9.17) is 9.84 Å². The monoisotopic (exact) mass is 319 g/mol. The van der Waals surface area contributed by atoms with Gasteiger partial charge in [-0.2, -0.15) is 0 Å². The zero-order chi connectivity index (χ0) is 12.5. The fourth-order valence-electron chi connectivity index (χ4n) is 1.44. The highest BCUT2D eigenvalue weighted by atomic mass is 79.9. The van der Waals surface area contributed by atoms with E-state index in [2.05, 4.69) is 21.2 Å². The maximum absolute atomic E-state index is 11.8. The first-order valence-electron chi connectivity index (χ1n) is 4.88. The Labute approximate surface area is 110 Å². The number of carboxylic acid groups (broad SMARTS) is 1. The second kappa shape index (κ2) is 4.75. The zero-order valence-corrected chi connectivity index (χ0v) is 11.1. The van der Waals surface area contributed by atoms with Crippen molar-refractivity contribution in [2.75, 3.05) is 13.2 Å². The Morgan fingerprint density at radius 1 is 1.53 bits per heavy atom. The molecule has 1 saturated heterocycles. The Bertz CT molecular complexity index is 455. The molecule has 2 rings (SSSR count). The fraction of sp³-hybridized carbons (Fsp3) is 0.400. The number of thiophene rings is 1. The summed E-state index contributed by atoms with van der Waals surface area (Å²) >= 11 is 4.82. The quantitative estimate of drug-likeness (QED) is 0.818. The molecule has 1 aliphatic rings. The molecule has 17 heavy (non-hydrogen) atoms. The van der Waals surface area contributed by atoms with Crippen molar-refractivity contribution in [1.82, 2.24) is 5.32 Å². The first-order chi connectivity index (χ1) is 8.04. The molecule has 0 atom stereocenters. The second-order valence-electron chi connectivity index (χ2n) is 3.77. The van der Waals surface area contributed by atoms with Gasteiger partial charge in [0.05, 0.1) is 23.5 Å². The molecule has 0 bridgehead atoms. The highest BCUT2D eigenvalue weighted by Crippen LogP contribution is 2.28. The van der Waals surface area contributed by atoms with Crippen LogP contribution in [0.5, 0.6) is 0 Å². The molecule has 1 fully saturated rings. The van der Waals surface area contributed by atoms with E-state index in [-0.39, 0.29) is 13.2 Å². The SMILES string of the molecule is O=C(O)C1(C(=O)NCc2ccc(Br)s2)COC1. The summed E-state index contributed by atoms with van der Waals surface area (Å²) in [5, 5.41) is 11.6. The molecular weight excluding hydrogens is 310 g/mol. The molecule has 2 heterocycles. The normalized spacial score (nSPS) is 17.2. The summed E-state index contributed by atoms with van der Waals surface area (Å²) < 4.78 is 5.80. The van der Waals surface area contributed by atoms with Gasteiger partial charge in [-0.25, -0.2) is 0 Å². The van der Waals surface area contributed by atoms with Crippen molar-refractivity contribution in [2.24, 2.45) is 5.41 Å². The molecule has 0 spiro atoms. The number of carbonyl (C=O) groups is 2. The third-order valence-electron chi connectivity index (χ3n) is 2.59. The number of rotatable bonds is 4. The molecule has 1 aliphatic heterocycles. The van der Waals surface area contributed by atoms with Crippen LogP contribution in [-0.4, -0.2) is 30.2 Å². The first-order valence-corrected chi connectivity index (χ1v) is 6.49. The van der Waals surface area contributed by atoms with Crippen molar-refractivity contribution in [3.63, 3.8) is 0 Å². The minimum Gasteiger partial charge on any atom is -0.480 e. The number of halogens is 1. The molecule has 2 N–H and O–H groups in total. The summed E-state index contributed by atoms with van der Waals surface area (Å²) in [6.07, 6.45) is 0. The first kappa shape index (κ1) is 12.5. The molecule has 92 valence electrons. The van der Waals surface area contributed by atoms with Crippen molar-refractivity contribution in [3.8, 4) is 0 Å². The average Bonchev–Trinajstić information content (AvgIpc) is 2.59. The number of carbonyl (C=O) groups excluding carboxylic acids is 1. The summed E-state index contributed by atoms with van der Waals surface area (Å²) in [7, 11) is 0. The average molecular weight is 320 g/mol. The van der Waals surface area contributed by atoms with E-state index in [1.54, 1.807) is 0 Å². The van der Waals surface area contributed by atoms with E-state index in [1.807, 2.05) is 12.1 Å². The van der Waals surface area contributed by atoms with Crippen LogP contribution in [0.15, 0.2) is 15.9 Å². The number of hydrogen-bond acceptors (Lipinski definition) is 4. The third-order valence-corrected chi connectivity index (χ3v) is 4.22. The number of ether oxygens (including phenoxy) is 1. The van der Waals surface area contributed by atoms with Crippen LogP contribution in [0.25, 0.3) is 0 Å². The largest absolute Gasteiger partial charge is 0.480 e. The Hall–Kier alpha value is -0.920. The molecule has 1 amide bonds. The lowest BCUT2D eigenvalue weighted by molar-refractivity contribution is -0.185. The number of carboxylic acids is 1. The van der Waals surface area contributed by atoms with Gasteiger partial charge in [0.15, 0.2) is 5.41 Å². The van der Waals surface area contributed by atoms with Crippen molar-refractivity contribution >= 4 is 39.1 Å². The van der Waals surface area contributed by atoms with Crippen LogP contribution in [0.2, 0.25) is 0 Å². The van der Waals surface area contributed by atoms with Crippen LogP contribution >= 0.6 is 27.3 Å². The van der Waals surface area contributed by atoms with Crippen molar-refractivity contribution < 1.29 is 19.4 Å². The van der Waals surface area contributed by atoms with Gasteiger partial charge in [0.2, 0.25) is 5.91 Å². The van der Waals surface area contributed by atoms with E-state index in [1.165, 1.54) is 11.3 Å². The second-order valence-corrected chi connectivity index (χ2v) is 6.32. The van der Waals surface area contributed by atoms with E-state index in [0.717, 1.165) is 8.66 Å². The minimum absolute atomic E-state index is 0.0533. The topological polar surface area (TPSA) is 75.6 Å². The summed E-state index contributed by atoms with van der Waals surface area (Å²) in [6, 6.07) is 3.76. The van der Waals surface area contributed by atoms with E-state index >= 15 is 0 Å². The summed E-state index contributed by atoms with van der Waals surface area (Å²) in [5.41, 5.74) is -1.39. The Balaban J connectivity index is 1.95. The molecule has 0 radical (unpaired) electrons. The summed E-state index contributed by atoms with van der Waals surface area (Å²) in [4.78, 5) is 23.8. The van der Waals surface area contributed by atoms with Crippen LogP contribution in [-0.2, 0) is 20.9 Å². The van der Waals surface area contributed by atoms with E-state index < -0.39 is 17.3 Å².